The van der Waals surface area contributed by atoms with Crippen LogP contribution < -0.4 is 10.1 Å². The predicted molar refractivity (Wildman–Crippen MR) is 103 cm³/mol. The van der Waals surface area contributed by atoms with Gasteiger partial charge in [0.25, 0.3) is 5.91 Å². The Labute approximate surface area is 157 Å². The van der Waals surface area contributed by atoms with Crippen molar-refractivity contribution in [2.24, 2.45) is 0 Å². The standard InChI is InChI=1S/C20H21N3O2S/c1-14-3-5-17(6-4-14)25-13-19(24)22-12-9-18-15(2)23-20(26-18)16-7-10-21-11-8-16/h3-8,10-11H,9,12-13H2,1-2H3,(H,22,24). The van der Waals surface area contributed by atoms with Crippen LogP contribution in [0.25, 0.3) is 10.6 Å². The number of rotatable bonds is 7. The predicted octanol–water partition coefficient (Wildman–Crippen LogP) is 3.56. The number of thiazole rings is 1. The van der Waals surface area contributed by atoms with Crippen molar-refractivity contribution < 1.29 is 9.53 Å². The van der Waals surface area contributed by atoms with Crippen molar-refractivity contribution in [2.75, 3.05) is 13.2 Å². The van der Waals surface area contributed by atoms with Gasteiger partial charge in [0.15, 0.2) is 6.61 Å². The Balaban J connectivity index is 1.46. The molecule has 0 spiro atoms. The number of benzene rings is 1. The molecule has 134 valence electrons. The molecule has 0 bridgehead atoms. The smallest absolute Gasteiger partial charge is 0.257 e. The quantitative estimate of drug-likeness (QED) is 0.693. The Morgan fingerprint density at radius 3 is 2.58 bits per heavy atom. The number of ether oxygens (including phenoxy) is 1. The number of aryl methyl sites for hydroxylation is 2. The van der Waals surface area contributed by atoms with E-state index in [2.05, 4.69) is 15.3 Å². The van der Waals surface area contributed by atoms with Crippen LogP contribution in [-0.4, -0.2) is 29.0 Å². The number of hydrogen-bond donors (Lipinski definition) is 1. The Morgan fingerprint density at radius 1 is 1.12 bits per heavy atom. The lowest BCUT2D eigenvalue weighted by atomic mass is 10.2. The highest BCUT2D eigenvalue weighted by molar-refractivity contribution is 7.15. The minimum absolute atomic E-state index is 0.0208. The van der Waals surface area contributed by atoms with Gasteiger partial charge in [-0.25, -0.2) is 4.98 Å². The van der Waals surface area contributed by atoms with Crippen molar-refractivity contribution >= 4 is 17.2 Å². The molecule has 0 fully saturated rings. The summed E-state index contributed by atoms with van der Waals surface area (Å²) in [5, 5.41) is 3.87. The Bertz CT molecular complexity index is 861. The molecule has 2 heterocycles. The summed E-state index contributed by atoms with van der Waals surface area (Å²) in [6.07, 6.45) is 4.28. The van der Waals surface area contributed by atoms with E-state index in [9.17, 15) is 4.79 Å². The zero-order valence-electron chi connectivity index (χ0n) is 14.9. The third-order valence-electron chi connectivity index (χ3n) is 3.89. The molecule has 5 nitrogen and oxygen atoms in total. The summed E-state index contributed by atoms with van der Waals surface area (Å²) >= 11 is 1.65. The summed E-state index contributed by atoms with van der Waals surface area (Å²) < 4.78 is 5.48. The molecule has 0 unspecified atom stereocenters. The summed E-state index contributed by atoms with van der Waals surface area (Å²) in [4.78, 5) is 21.8. The molecule has 0 atom stereocenters. The number of pyridine rings is 1. The second kappa shape index (κ2) is 8.58. The third-order valence-corrected chi connectivity index (χ3v) is 5.15. The highest BCUT2D eigenvalue weighted by atomic mass is 32.1. The number of nitrogens with zero attached hydrogens (tertiary/aromatic N) is 2. The fraction of sp³-hybridized carbons (Fsp3) is 0.250. The summed E-state index contributed by atoms with van der Waals surface area (Å²) in [5.41, 5.74) is 3.23. The van der Waals surface area contributed by atoms with Crippen LogP contribution in [0.15, 0.2) is 48.8 Å². The van der Waals surface area contributed by atoms with E-state index in [1.54, 1.807) is 23.7 Å². The molecule has 1 N–H and O–H groups in total. The molecular weight excluding hydrogens is 346 g/mol. The van der Waals surface area contributed by atoms with Crippen molar-refractivity contribution in [1.82, 2.24) is 15.3 Å². The Hall–Kier alpha value is -2.73. The van der Waals surface area contributed by atoms with Crippen molar-refractivity contribution in [1.29, 1.82) is 0 Å². The zero-order chi connectivity index (χ0) is 18.4. The van der Waals surface area contributed by atoms with E-state index in [4.69, 9.17) is 4.74 Å². The molecular formula is C20H21N3O2S. The van der Waals surface area contributed by atoms with Crippen LogP contribution in [0.4, 0.5) is 0 Å². The molecule has 6 heteroatoms. The van der Waals surface area contributed by atoms with Crippen LogP contribution in [0.1, 0.15) is 16.1 Å². The van der Waals surface area contributed by atoms with Gasteiger partial charge in [-0.2, -0.15) is 0 Å². The van der Waals surface area contributed by atoms with Gasteiger partial charge >= 0.3 is 0 Å². The third kappa shape index (κ3) is 4.89. The molecule has 0 aliphatic heterocycles. The van der Waals surface area contributed by atoms with Crippen molar-refractivity contribution in [3.05, 3.63) is 64.9 Å². The number of amides is 1. The molecule has 0 radical (unpaired) electrons. The number of carbonyl (C=O) groups excluding carboxylic acids is 1. The van der Waals surface area contributed by atoms with Gasteiger partial charge in [0.05, 0.1) is 5.69 Å². The second-order valence-electron chi connectivity index (χ2n) is 5.97. The van der Waals surface area contributed by atoms with Crippen LogP contribution in [0.5, 0.6) is 5.75 Å². The normalized spacial score (nSPS) is 10.5. The topological polar surface area (TPSA) is 64.1 Å². The monoisotopic (exact) mass is 367 g/mol. The van der Waals surface area contributed by atoms with Crippen LogP contribution >= 0.6 is 11.3 Å². The van der Waals surface area contributed by atoms with Crippen LogP contribution in [-0.2, 0) is 11.2 Å². The number of hydrogen-bond acceptors (Lipinski definition) is 5. The van der Waals surface area contributed by atoms with E-state index in [0.29, 0.717) is 12.3 Å². The molecule has 2 aromatic heterocycles. The molecule has 26 heavy (non-hydrogen) atoms. The first-order chi connectivity index (χ1) is 12.6. The number of nitrogens with one attached hydrogen (secondary N) is 1. The van der Waals surface area contributed by atoms with Crippen molar-refractivity contribution in [3.8, 4) is 16.3 Å². The summed E-state index contributed by atoms with van der Waals surface area (Å²) in [6, 6.07) is 11.5. The highest BCUT2D eigenvalue weighted by Crippen LogP contribution is 2.27. The van der Waals surface area contributed by atoms with E-state index in [1.807, 2.05) is 50.2 Å². The van der Waals surface area contributed by atoms with Crippen molar-refractivity contribution in [3.63, 3.8) is 0 Å². The fourth-order valence-corrected chi connectivity index (χ4v) is 3.50. The minimum Gasteiger partial charge on any atom is -0.484 e. The molecule has 0 aliphatic rings. The molecule has 0 saturated heterocycles. The van der Waals surface area contributed by atoms with Gasteiger partial charge in [-0.05, 0) is 38.1 Å². The molecule has 0 saturated carbocycles. The van der Waals surface area contributed by atoms with Gasteiger partial charge in [-0.15, -0.1) is 11.3 Å². The van der Waals surface area contributed by atoms with E-state index < -0.39 is 0 Å². The second-order valence-corrected chi connectivity index (χ2v) is 7.05. The van der Waals surface area contributed by atoms with Gasteiger partial charge in [0.2, 0.25) is 0 Å². The maximum atomic E-state index is 11.9. The van der Waals surface area contributed by atoms with E-state index in [0.717, 1.165) is 28.2 Å². The Kier molecular flexibility index (Phi) is 5.96. The van der Waals surface area contributed by atoms with Crippen LogP contribution in [0, 0.1) is 13.8 Å². The van der Waals surface area contributed by atoms with Gasteiger partial charge in [-0.3, -0.25) is 9.78 Å². The molecule has 1 aromatic carbocycles. The fourth-order valence-electron chi connectivity index (χ4n) is 2.43. The van der Waals surface area contributed by atoms with Gasteiger partial charge in [0.1, 0.15) is 10.8 Å². The summed E-state index contributed by atoms with van der Waals surface area (Å²) in [5.74, 6) is 0.577. The lowest BCUT2D eigenvalue weighted by Crippen LogP contribution is -2.30. The maximum absolute atomic E-state index is 11.9. The molecule has 3 rings (SSSR count). The molecule has 3 aromatic rings. The van der Waals surface area contributed by atoms with E-state index >= 15 is 0 Å². The first kappa shape index (κ1) is 18.1. The average molecular weight is 367 g/mol. The lowest BCUT2D eigenvalue weighted by molar-refractivity contribution is -0.123. The first-order valence-electron chi connectivity index (χ1n) is 8.44. The van der Waals surface area contributed by atoms with Gasteiger partial charge in [0, 0.05) is 35.8 Å². The van der Waals surface area contributed by atoms with Gasteiger partial charge < -0.3 is 10.1 Å². The minimum atomic E-state index is -0.123. The van der Waals surface area contributed by atoms with Gasteiger partial charge in [-0.1, -0.05) is 17.7 Å². The number of carbonyl (C=O) groups is 1. The highest BCUT2D eigenvalue weighted by Gasteiger charge is 2.10. The van der Waals surface area contributed by atoms with Crippen molar-refractivity contribution in [2.45, 2.75) is 20.3 Å². The average Bonchev–Trinajstić information content (AvgIpc) is 3.03. The zero-order valence-corrected chi connectivity index (χ0v) is 15.7. The molecule has 0 aliphatic carbocycles. The number of aromatic nitrogens is 2. The van der Waals surface area contributed by atoms with E-state index in [1.165, 1.54) is 4.88 Å². The Morgan fingerprint density at radius 2 is 1.85 bits per heavy atom. The van der Waals surface area contributed by atoms with Crippen LogP contribution in [0.2, 0.25) is 0 Å². The SMILES string of the molecule is Cc1ccc(OCC(=O)NCCc2sc(-c3ccncc3)nc2C)cc1. The van der Waals surface area contributed by atoms with E-state index in [-0.39, 0.29) is 12.5 Å². The lowest BCUT2D eigenvalue weighted by Gasteiger charge is -2.07. The maximum Gasteiger partial charge on any atom is 0.257 e. The van der Waals surface area contributed by atoms with Crippen LogP contribution in [0.3, 0.4) is 0 Å². The summed E-state index contributed by atoms with van der Waals surface area (Å²) in [6.45, 7) is 4.60. The summed E-state index contributed by atoms with van der Waals surface area (Å²) in [7, 11) is 0. The molecule has 1 amide bonds. The largest absolute Gasteiger partial charge is 0.484 e. The first-order valence-corrected chi connectivity index (χ1v) is 9.26.